The first-order chi connectivity index (χ1) is 12.1. The van der Waals surface area contributed by atoms with E-state index < -0.39 is 12.1 Å². The molecule has 132 valence electrons. The summed E-state index contributed by atoms with van der Waals surface area (Å²) < 4.78 is 5.41. The first kappa shape index (κ1) is 18.5. The fraction of sp³-hybridized carbons (Fsp3) is 0.263. The van der Waals surface area contributed by atoms with Crippen LogP contribution in [0.4, 0.5) is 4.79 Å². The largest absolute Gasteiger partial charge is 0.496 e. The van der Waals surface area contributed by atoms with E-state index in [0.717, 1.165) is 16.9 Å². The summed E-state index contributed by atoms with van der Waals surface area (Å²) in [6, 6.07) is 16.0. The molecule has 0 aromatic heterocycles. The first-order valence-corrected chi connectivity index (χ1v) is 8.12. The van der Waals surface area contributed by atoms with E-state index in [1.165, 1.54) is 7.05 Å². The zero-order chi connectivity index (χ0) is 18.2. The lowest BCUT2D eigenvalue weighted by molar-refractivity contribution is -0.719. The minimum absolute atomic E-state index is 0.0446. The van der Waals surface area contributed by atoms with Crippen molar-refractivity contribution in [3.63, 3.8) is 0 Å². The summed E-state index contributed by atoms with van der Waals surface area (Å²) in [5.41, 5.74) is 1.81. The van der Waals surface area contributed by atoms with Gasteiger partial charge >= 0.3 is 6.03 Å². The van der Waals surface area contributed by atoms with Crippen LogP contribution in [0.5, 0.6) is 5.75 Å². The van der Waals surface area contributed by atoms with Crippen LogP contribution in [-0.2, 0) is 4.79 Å². The number of methoxy groups -OCH3 is 1. The summed E-state index contributed by atoms with van der Waals surface area (Å²) >= 11 is 0. The van der Waals surface area contributed by atoms with Gasteiger partial charge in [-0.1, -0.05) is 42.5 Å². The molecule has 0 saturated carbocycles. The second kappa shape index (κ2) is 8.84. The van der Waals surface area contributed by atoms with Crippen molar-refractivity contribution >= 4 is 11.9 Å². The van der Waals surface area contributed by atoms with Gasteiger partial charge in [0.15, 0.2) is 6.04 Å². The summed E-state index contributed by atoms with van der Waals surface area (Å²) in [5, 5.41) is 6.68. The predicted octanol–water partition coefficient (Wildman–Crippen LogP) is 1.52. The molecule has 0 bridgehead atoms. The van der Waals surface area contributed by atoms with Gasteiger partial charge in [0, 0.05) is 12.6 Å². The Morgan fingerprint density at radius 1 is 1.04 bits per heavy atom. The van der Waals surface area contributed by atoms with E-state index in [4.69, 9.17) is 4.74 Å². The molecule has 0 aliphatic heterocycles. The highest BCUT2D eigenvalue weighted by Crippen LogP contribution is 2.23. The molecule has 2 atom stereocenters. The Hall–Kier alpha value is -2.86. The number of carbonyl (C=O) groups excluding carboxylic acids is 2. The number of benzene rings is 2. The van der Waals surface area contributed by atoms with Crippen molar-refractivity contribution in [1.29, 1.82) is 0 Å². The summed E-state index contributed by atoms with van der Waals surface area (Å²) in [6.45, 7) is 2.00. The number of quaternary nitrogens is 1. The van der Waals surface area contributed by atoms with E-state index in [1.807, 2.05) is 66.8 Å². The van der Waals surface area contributed by atoms with Crippen molar-refractivity contribution in [2.45, 2.75) is 19.0 Å². The minimum Gasteiger partial charge on any atom is -0.496 e. The molecule has 0 spiro atoms. The molecule has 2 aromatic carbocycles. The van der Waals surface area contributed by atoms with Crippen LogP contribution >= 0.6 is 0 Å². The van der Waals surface area contributed by atoms with Crippen LogP contribution in [0.25, 0.3) is 0 Å². The van der Waals surface area contributed by atoms with Crippen LogP contribution in [0, 0.1) is 0 Å². The van der Waals surface area contributed by atoms with Crippen LogP contribution in [0.1, 0.15) is 30.1 Å². The number of amides is 3. The summed E-state index contributed by atoms with van der Waals surface area (Å²) in [4.78, 5) is 24.1. The van der Waals surface area contributed by atoms with Gasteiger partial charge in [0.1, 0.15) is 11.8 Å². The maximum absolute atomic E-state index is 12.6. The van der Waals surface area contributed by atoms with Crippen LogP contribution in [0.2, 0.25) is 0 Å². The molecule has 0 saturated heterocycles. The SMILES string of the molecule is CNC(=O)NC(=O)[C@H]([NH2+][C@@H](C)c1ccccc1OC)c1ccccc1. The topological polar surface area (TPSA) is 84.0 Å². The molecule has 4 N–H and O–H groups in total. The number of hydrogen-bond acceptors (Lipinski definition) is 3. The third kappa shape index (κ3) is 4.81. The highest BCUT2D eigenvalue weighted by atomic mass is 16.5. The Bertz CT molecular complexity index is 719. The lowest BCUT2D eigenvalue weighted by atomic mass is 10.0. The summed E-state index contributed by atoms with van der Waals surface area (Å²) in [7, 11) is 3.10. The number of urea groups is 1. The maximum Gasteiger partial charge on any atom is 0.321 e. The standard InChI is InChI=1S/C19H23N3O3/c1-13(15-11-7-8-12-16(15)25-3)21-17(14-9-5-4-6-10-14)18(23)22-19(24)20-2/h4-13,17,21H,1-3H3,(H2,20,22,23,24)/p+1/t13-,17+/m0/s1. The number of para-hydroxylation sites is 1. The third-order valence-electron chi connectivity index (χ3n) is 4.02. The van der Waals surface area contributed by atoms with E-state index in [0.29, 0.717) is 0 Å². The average Bonchev–Trinajstić information content (AvgIpc) is 2.66. The number of carbonyl (C=O) groups is 2. The number of imide groups is 1. The van der Waals surface area contributed by atoms with Gasteiger partial charge in [0.25, 0.3) is 5.91 Å². The van der Waals surface area contributed by atoms with Crippen molar-refractivity contribution in [3.8, 4) is 5.75 Å². The molecule has 0 heterocycles. The number of nitrogens with one attached hydrogen (secondary N) is 2. The Kier molecular flexibility index (Phi) is 6.54. The molecule has 0 aliphatic carbocycles. The molecule has 0 fully saturated rings. The highest BCUT2D eigenvalue weighted by Gasteiger charge is 2.29. The number of rotatable bonds is 6. The van der Waals surface area contributed by atoms with Gasteiger partial charge < -0.3 is 15.4 Å². The Balaban J connectivity index is 2.26. The second-order valence-electron chi connectivity index (χ2n) is 5.68. The van der Waals surface area contributed by atoms with Gasteiger partial charge in [-0.25, -0.2) is 4.79 Å². The van der Waals surface area contributed by atoms with Gasteiger partial charge in [0.2, 0.25) is 0 Å². The summed E-state index contributed by atoms with van der Waals surface area (Å²) in [6.07, 6.45) is 0. The molecule has 6 heteroatoms. The zero-order valence-corrected chi connectivity index (χ0v) is 14.7. The van der Waals surface area contributed by atoms with E-state index in [9.17, 15) is 9.59 Å². The molecule has 2 rings (SSSR count). The van der Waals surface area contributed by atoms with Gasteiger partial charge in [0.05, 0.1) is 12.7 Å². The zero-order valence-electron chi connectivity index (χ0n) is 14.7. The third-order valence-corrected chi connectivity index (χ3v) is 4.02. The fourth-order valence-corrected chi connectivity index (χ4v) is 2.70. The molecule has 25 heavy (non-hydrogen) atoms. The molecule has 0 aliphatic rings. The molecular formula is C19H24N3O3+. The average molecular weight is 342 g/mol. The quantitative estimate of drug-likeness (QED) is 0.744. The molecule has 6 nitrogen and oxygen atoms in total. The monoisotopic (exact) mass is 342 g/mol. The van der Waals surface area contributed by atoms with Crippen LogP contribution in [0.15, 0.2) is 54.6 Å². The Morgan fingerprint density at radius 2 is 1.68 bits per heavy atom. The van der Waals surface area contributed by atoms with Crippen LogP contribution in [0.3, 0.4) is 0 Å². The van der Waals surface area contributed by atoms with Crippen molar-refractivity contribution in [3.05, 3.63) is 65.7 Å². The number of ether oxygens (including phenoxy) is 1. The van der Waals surface area contributed by atoms with E-state index in [2.05, 4.69) is 10.6 Å². The second-order valence-corrected chi connectivity index (χ2v) is 5.68. The molecule has 0 unspecified atom stereocenters. The van der Waals surface area contributed by atoms with Crippen molar-refractivity contribution in [2.24, 2.45) is 0 Å². The lowest BCUT2D eigenvalue weighted by Crippen LogP contribution is -2.88. The maximum atomic E-state index is 12.6. The highest BCUT2D eigenvalue weighted by molar-refractivity contribution is 5.96. The number of hydrogen-bond donors (Lipinski definition) is 3. The fourth-order valence-electron chi connectivity index (χ4n) is 2.70. The predicted molar refractivity (Wildman–Crippen MR) is 95.1 cm³/mol. The molecule has 3 amide bonds. The normalized spacial score (nSPS) is 12.8. The summed E-state index contributed by atoms with van der Waals surface area (Å²) in [5.74, 6) is 0.400. The Morgan fingerprint density at radius 3 is 2.32 bits per heavy atom. The lowest BCUT2D eigenvalue weighted by Gasteiger charge is -2.21. The molecule has 0 radical (unpaired) electrons. The molecular weight excluding hydrogens is 318 g/mol. The van der Waals surface area contributed by atoms with Crippen LogP contribution < -0.4 is 20.7 Å². The van der Waals surface area contributed by atoms with Gasteiger partial charge in [-0.3, -0.25) is 10.1 Å². The van der Waals surface area contributed by atoms with Crippen LogP contribution in [-0.4, -0.2) is 26.1 Å². The van der Waals surface area contributed by atoms with E-state index in [-0.39, 0.29) is 11.9 Å². The van der Waals surface area contributed by atoms with Crippen molar-refractivity contribution in [1.82, 2.24) is 10.6 Å². The van der Waals surface area contributed by atoms with E-state index >= 15 is 0 Å². The van der Waals surface area contributed by atoms with Crippen molar-refractivity contribution < 1.29 is 19.6 Å². The molecule has 2 aromatic rings. The van der Waals surface area contributed by atoms with E-state index in [1.54, 1.807) is 7.11 Å². The van der Waals surface area contributed by atoms with Crippen molar-refractivity contribution in [2.75, 3.05) is 14.2 Å². The van der Waals surface area contributed by atoms with Gasteiger partial charge in [-0.15, -0.1) is 0 Å². The number of nitrogens with two attached hydrogens (primary N) is 1. The van der Waals surface area contributed by atoms with Gasteiger partial charge in [-0.2, -0.15) is 0 Å². The Labute approximate surface area is 147 Å². The van der Waals surface area contributed by atoms with Gasteiger partial charge in [-0.05, 0) is 19.1 Å². The minimum atomic E-state index is -0.557. The smallest absolute Gasteiger partial charge is 0.321 e. The first-order valence-electron chi connectivity index (χ1n) is 8.12.